The molecule has 5 rings (SSSR count). The number of nitrogens with one attached hydrogen (secondary N) is 1. The maximum atomic E-state index is 13.1. The van der Waals surface area contributed by atoms with E-state index in [2.05, 4.69) is 21.2 Å². The molecule has 1 saturated heterocycles. The Labute approximate surface area is 178 Å². The molecule has 0 bridgehead atoms. The number of fused-ring (bicyclic) bond motifs is 3. The first-order chi connectivity index (χ1) is 14.4. The molecule has 30 heavy (non-hydrogen) atoms. The van der Waals surface area contributed by atoms with Crippen LogP contribution in [0.25, 0.3) is 0 Å². The minimum absolute atomic E-state index is 0.0525. The number of piperidine rings is 1. The number of amides is 1. The molecule has 1 fully saturated rings. The van der Waals surface area contributed by atoms with Gasteiger partial charge in [0.2, 0.25) is 5.91 Å². The van der Waals surface area contributed by atoms with Crippen LogP contribution in [0.3, 0.4) is 0 Å². The molecule has 150 valence electrons. The van der Waals surface area contributed by atoms with Crippen LogP contribution in [-0.4, -0.2) is 64.1 Å². The van der Waals surface area contributed by atoms with Crippen LogP contribution in [0, 0.1) is 5.82 Å². The standard InChI is InChI=1S/C22H22B2FN3O2/c23-22(24,30-15-6-4-14(25)5-7-15)9-11-27-10-8-19-17(12-27)16-2-1-3-18-21(16)28(19)13-20(29)26-18/h1-7,17,19H,8-13H2,(H,26,29)/t17-,19-/m0/s1. The fourth-order valence-electron chi connectivity index (χ4n) is 4.98. The Morgan fingerprint density at radius 2 is 2.00 bits per heavy atom. The van der Waals surface area contributed by atoms with Crippen LogP contribution < -0.4 is 15.0 Å². The van der Waals surface area contributed by atoms with E-state index < -0.39 is 5.40 Å². The lowest BCUT2D eigenvalue weighted by Crippen LogP contribution is -2.50. The van der Waals surface area contributed by atoms with E-state index in [1.807, 2.05) is 12.1 Å². The molecule has 3 aliphatic heterocycles. The van der Waals surface area contributed by atoms with Gasteiger partial charge in [-0.25, -0.2) is 4.39 Å². The van der Waals surface area contributed by atoms with E-state index in [1.165, 1.54) is 35.5 Å². The number of likely N-dealkylation sites (tertiary alicyclic amines) is 1. The van der Waals surface area contributed by atoms with E-state index in [-0.39, 0.29) is 11.7 Å². The summed E-state index contributed by atoms with van der Waals surface area (Å²) in [6, 6.07) is 12.2. The molecule has 2 aromatic carbocycles. The SMILES string of the molecule is [B]C([B])(CCN1CC[C@H]2[C@@H](C1)c1cccc3c1N2CC(=O)N3)Oc1ccc(F)cc1. The second kappa shape index (κ2) is 7.34. The third-order valence-corrected chi connectivity index (χ3v) is 6.34. The van der Waals surface area contributed by atoms with Crippen molar-refractivity contribution in [2.75, 3.05) is 36.4 Å². The number of ether oxygens (including phenoxy) is 1. The highest BCUT2D eigenvalue weighted by Crippen LogP contribution is 2.49. The molecule has 0 aromatic heterocycles. The second-order valence-corrected chi connectivity index (χ2v) is 8.44. The number of hydrogen-bond acceptors (Lipinski definition) is 4. The van der Waals surface area contributed by atoms with Gasteiger partial charge in [-0.3, -0.25) is 4.79 Å². The quantitative estimate of drug-likeness (QED) is 0.781. The first kappa shape index (κ1) is 19.5. The van der Waals surface area contributed by atoms with Gasteiger partial charge in [-0.1, -0.05) is 12.1 Å². The fourth-order valence-corrected chi connectivity index (χ4v) is 4.98. The molecule has 0 unspecified atom stereocenters. The Morgan fingerprint density at radius 3 is 2.80 bits per heavy atom. The van der Waals surface area contributed by atoms with E-state index in [0.717, 1.165) is 25.2 Å². The molecule has 8 heteroatoms. The zero-order valence-electron chi connectivity index (χ0n) is 16.7. The van der Waals surface area contributed by atoms with Crippen molar-refractivity contribution in [2.45, 2.75) is 30.2 Å². The summed E-state index contributed by atoms with van der Waals surface area (Å²) in [5.41, 5.74) is 3.40. The van der Waals surface area contributed by atoms with Crippen molar-refractivity contribution in [3.05, 3.63) is 53.8 Å². The van der Waals surface area contributed by atoms with Gasteiger partial charge in [0.05, 0.1) is 17.9 Å². The first-order valence-electron chi connectivity index (χ1n) is 10.3. The van der Waals surface area contributed by atoms with Crippen LogP contribution in [0.4, 0.5) is 15.8 Å². The van der Waals surface area contributed by atoms with Gasteiger partial charge in [0.25, 0.3) is 0 Å². The number of carbonyl (C=O) groups excluding carboxylic acids is 1. The Morgan fingerprint density at radius 1 is 1.20 bits per heavy atom. The number of halogens is 1. The lowest BCUT2D eigenvalue weighted by atomic mass is 9.63. The zero-order valence-corrected chi connectivity index (χ0v) is 16.7. The summed E-state index contributed by atoms with van der Waals surface area (Å²) in [6.07, 6.45) is 1.42. The van der Waals surface area contributed by atoms with Crippen LogP contribution in [0.5, 0.6) is 5.75 Å². The van der Waals surface area contributed by atoms with Crippen LogP contribution >= 0.6 is 0 Å². The highest BCUT2D eigenvalue weighted by Gasteiger charge is 2.45. The van der Waals surface area contributed by atoms with Crippen LogP contribution in [0.1, 0.15) is 24.3 Å². The van der Waals surface area contributed by atoms with Crippen molar-refractivity contribution in [3.8, 4) is 5.75 Å². The highest BCUT2D eigenvalue weighted by molar-refractivity contribution is 6.39. The Balaban J connectivity index is 1.25. The molecule has 2 aromatic rings. The Kier molecular flexibility index (Phi) is 4.77. The van der Waals surface area contributed by atoms with Crippen molar-refractivity contribution in [3.63, 3.8) is 0 Å². The molecular weight excluding hydrogens is 379 g/mol. The second-order valence-electron chi connectivity index (χ2n) is 8.44. The smallest absolute Gasteiger partial charge is 0.243 e. The minimum Gasteiger partial charge on any atom is -0.507 e. The number of rotatable bonds is 5. The monoisotopic (exact) mass is 401 g/mol. The van der Waals surface area contributed by atoms with Crippen molar-refractivity contribution >= 4 is 33.0 Å². The van der Waals surface area contributed by atoms with E-state index in [1.54, 1.807) is 0 Å². The van der Waals surface area contributed by atoms with Gasteiger partial charge in [-0.2, -0.15) is 0 Å². The first-order valence-corrected chi connectivity index (χ1v) is 10.3. The van der Waals surface area contributed by atoms with Gasteiger partial charge in [-0.05, 0) is 48.7 Å². The van der Waals surface area contributed by atoms with Crippen molar-refractivity contribution in [1.29, 1.82) is 0 Å². The summed E-state index contributed by atoms with van der Waals surface area (Å²) in [4.78, 5) is 16.7. The number of para-hydroxylation sites is 1. The largest absolute Gasteiger partial charge is 0.507 e. The van der Waals surface area contributed by atoms with Crippen LogP contribution in [0.15, 0.2) is 42.5 Å². The van der Waals surface area contributed by atoms with Crippen molar-refractivity contribution in [2.24, 2.45) is 0 Å². The predicted molar refractivity (Wildman–Crippen MR) is 116 cm³/mol. The van der Waals surface area contributed by atoms with Crippen LogP contribution in [-0.2, 0) is 4.79 Å². The molecule has 4 radical (unpaired) electrons. The van der Waals surface area contributed by atoms with E-state index in [4.69, 9.17) is 20.4 Å². The molecule has 1 amide bonds. The third-order valence-electron chi connectivity index (χ3n) is 6.34. The molecule has 0 aliphatic carbocycles. The van der Waals surface area contributed by atoms with E-state index >= 15 is 0 Å². The maximum Gasteiger partial charge on any atom is 0.243 e. The lowest BCUT2D eigenvalue weighted by molar-refractivity contribution is -0.115. The summed E-state index contributed by atoms with van der Waals surface area (Å²) in [5, 5.41) is 1.66. The Bertz CT molecular complexity index is 969. The van der Waals surface area contributed by atoms with Gasteiger partial charge >= 0.3 is 0 Å². The van der Waals surface area contributed by atoms with E-state index in [0.29, 0.717) is 37.2 Å². The molecule has 5 nitrogen and oxygen atoms in total. The van der Waals surface area contributed by atoms with Crippen LogP contribution in [0.2, 0.25) is 0 Å². The summed E-state index contributed by atoms with van der Waals surface area (Å²) in [6.45, 7) is 2.92. The molecule has 0 spiro atoms. The molecular formula is C22H22B2FN3O2. The topological polar surface area (TPSA) is 44.8 Å². The van der Waals surface area contributed by atoms with Crippen molar-refractivity contribution < 1.29 is 13.9 Å². The minimum atomic E-state index is -1.33. The zero-order chi connectivity index (χ0) is 20.9. The molecule has 3 heterocycles. The van der Waals surface area contributed by atoms with Gasteiger partial charge in [-0.15, -0.1) is 0 Å². The number of carbonyl (C=O) groups is 1. The fraction of sp³-hybridized carbons (Fsp3) is 0.409. The summed E-state index contributed by atoms with van der Waals surface area (Å²) in [5.74, 6) is 0.518. The average Bonchev–Trinajstić information content (AvgIpc) is 3.03. The normalized spacial score (nSPS) is 23.0. The number of benzene rings is 2. The van der Waals surface area contributed by atoms with Gasteiger partial charge < -0.3 is 19.9 Å². The lowest BCUT2D eigenvalue weighted by Gasteiger charge is -2.40. The maximum absolute atomic E-state index is 13.1. The Hall–Kier alpha value is -2.47. The average molecular weight is 401 g/mol. The van der Waals surface area contributed by atoms with Gasteiger partial charge in [0, 0.05) is 37.0 Å². The van der Waals surface area contributed by atoms with Gasteiger partial charge in [0.1, 0.15) is 27.3 Å². The molecule has 2 atom stereocenters. The van der Waals surface area contributed by atoms with Crippen molar-refractivity contribution in [1.82, 2.24) is 4.90 Å². The number of anilines is 2. The predicted octanol–water partition coefficient (Wildman–Crippen LogP) is 2.22. The number of nitrogens with zero attached hydrogens (tertiary/aromatic N) is 2. The van der Waals surface area contributed by atoms with E-state index in [9.17, 15) is 9.18 Å². The highest BCUT2D eigenvalue weighted by atomic mass is 19.1. The summed E-state index contributed by atoms with van der Waals surface area (Å²) in [7, 11) is 12.3. The summed E-state index contributed by atoms with van der Waals surface area (Å²) < 4.78 is 18.7. The molecule has 1 N–H and O–H groups in total. The number of hydrogen-bond donors (Lipinski definition) is 1. The summed E-state index contributed by atoms with van der Waals surface area (Å²) >= 11 is 0. The molecule has 0 saturated carbocycles. The van der Waals surface area contributed by atoms with Gasteiger partial charge in [0.15, 0.2) is 0 Å². The third kappa shape index (κ3) is 3.58. The molecule has 3 aliphatic rings.